The van der Waals surface area contributed by atoms with Crippen molar-refractivity contribution in [2.45, 2.75) is 34.1 Å². The molecule has 5 heteroatoms. The maximum atomic E-state index is 12.3. The van der Waals surface area contributed by atoms with E-state index < -0.39 is 14.6 Å². The number of carbonyl (C=O) groups excluding carboxylic acids is 1. The Bertz CT molecular complexity index is 689. The molecule has 0 bridgehead atoms. The number of rotatable bonds is 5. The van der Waals surface area contributed by atoms with Crippen LogP contribution in [-0.2, 0) is 10.9 Å². The molecule has 0 heterocycles. The van der Waals surface area contributed by atoms with E-state index in [2.05, 4.69) is 0 Å². The standard InChI is InChI=1S/C18H21O4P/c1-5-15-8-6-7-9-16(15)21-23(20)22-18(19)17-13(3)10-12(2)11-14(17)4/h6-11,20H,5H2,1-4H3. The zero-order valence-electron chi connectivity index (χ0n) is 13.8. The molecule has 1 N–H and O–H groups in total. The van der Waals surface area contributed by atoms with Crippen molar-refractivity contribution in [2.75, 3.05) is 0 Å². The predicted octanol–water partition coefficient (Wildman–Crippen LogP) is 4.63. The highest BCUT2D eigenvalue weighted by atomic mass is 31.2. The summed E-state index contributed by atoms with van der Waals surface area (Å²) in [5.74, 6) is -0.0312. The summed E-state index contributed by atoms with van der Waals surface area (Å²) in [6, 6.07) is 11.2. The summed E-state index contributed by atoms with van der Waals surface area (Å²) in [5.41, 5.74) is 4.16. The van der Waals surface area contributed by atoms with Crippen LogP contribution in [0.25, 0.3) is 0 Å². The quantitative estimate of drug-likeness (QED) is 0.811. The lowest BCUT2D eigenvalue weighted by Crippen LogP contribution is -2.08. The lowest BCUT2D eigenvalue weighted by atomic mass is 10.0. The molecule has 4 nitrogen and oxygen atoms in total. The van der Waals surface area contributed by atoms with Gasteiger partial charge in [0.1, 0.15) is 5.75 Å². The van der Waals surface area contributed by atoms with E-state index in [1.54, 1.807) is 6.07 Å². The van der Waals surface area contributed by atoms with Gasteiger partial charge in [0.15, 0.2) is 0 Å². The molecule has 1 unspecified atom stereocenters. The lowest BCUT2D eigenvalue weighted by molar-refractivity contribution is 0.0716. The van der Waals surface area contributed by atoms with Crippen LogP contribution in [-0.4, -0.2) is 10.9 Å². The molecule has 0 aliphatic heterocycles. The molecular formula is C18H21O4P. The second-order valence-electron chi connectivity index (χ2n) is 5.44. The molecule has 0 fully saturated rings. The average Bonchev–Trinajstić information content (AvgIpc) is 2.46. The normalized spacial score (nSPS) is 11.9. The van der Waals surface area contributed by atoms with Gasteiger partial charge in [-0.2, -0.15) is 0 Å². The van der Waals surface area contributed by atoms with E-state index in [4.69, 9.17) is 9.05 Å². The lowest BCUT2D eigenvalue weighted by Gasteiger charge is -2.15. The highest BCUT2D eigenvalue weighted by Gasteiger charge is 2.21. The van der Waals surface area contributed by atoms with Crippen molar-refractivity contribution < 1.29 is 18.7 Å². The fourth-order valence-corrected chi connectivity index (χ4v) is 3.22. The van der Waals surface area contributed by atoms with Crippen molar-refractivity contribution in [2.24, 2.45) is 0 Å². The van der Waals surface area contributed by atoms with E-state index in [-0.39, 0.29) is 0 Å². The Morgan fingerprint density at radius 2 is 1.74 bits per heavy atom. The SMILES string of the molecule is CCc1ccccc1OP(O)OC(=O)c1c(C)cc(C)cc1C. The molecule has 0 saturated carbocycles. The molecule has 0 saturated heterocycles. The number of carbonyl (C=O) groups is 1. The molecular weight excluding hydrogens is 311 g/mol. The van der Waals surface area contributed by atoms with Gasteiger partial charge in [0, 0.05) is 0 Å². The van der Waals surface area contributed by atoms with Gasteiger partial charge in [0.05, 0.1) is 5.56 Å². The van der Waals surface area contributed by atoms with Crippen molar-refractivity contribution in [3.05, 3.63) is 64.2 Å². The first-order valence-corrected chi connectivity index (χ1v) is 8.60. The van der Waals surface area contributed by atoms with Crippen LogP contribution in [0.1, 0.15) is 39.5 Å². The zero-order chi connectivity index (χ0) is 17.0. The maximum Gasteiger partial charge on any atom is 0.462 e. The highest BCUT2D eigenvalue weighted by molar-refractivity contribution is 7.41. The Labute approximate surface area is 138 Å². The summed E-state index contributed by atoms with van der Waals surface area (Å²) in [4.78, 5) is 22.3. The molecule has 23 heavy (non-hydrogen) atoms. The third-order valence-electron chi connectivity index (χ3n) is 3.57. The summed E-state index contributed by atoms with van der Waals surface area (Å²) in [7, 11) is -2.32. The Kier molecular flexibility index (Phi) is 5.75. The van der Waals surface area contributed by atoms with Gasteiger partial charge in [-0.15, -0.1) is 0 Å². The first kappa shape index (κ1) is 17.5. The van der Waals surface area contributed by atoms with Gasteiger partial charge in [-0.25, -0.2) is 4.79 Å². The molecule has 0 aromatic heterocycles. The third-order valence-corrected chi connectivity index (χ3v) is 4.25. The van der Waals surface area contributed by atoms with E-state index in [1.165, 1.54) is 0 Å². The van der Waals surface area contributed by atoms with Gasteiger partial charge in [-0.05, 0) is 49.9 Å². The fraction of sp³-hybridized carbons (Fsp3) is 0.278. The summed E-state index contributed by atoms with van der Waals surface area (Å²) in [6.45, 7) is 7.67. The summed E-state index contributed by atoms with van der Waals surface area (Å²) < 4.78 is 10.5. The van der Waals surface area contributed by atoms with Gasteiger partial charge in [0.2, 0.25) is 0 Å². The van der Waals surface area contributed by atoms with Crippen LogP contribution >= 0.6 is 8.60 Å². The van der Waals surface area contributed by atoms with Crippen molar-refractivity contribution >= 4 is 14.6 Å². The van der Waals surface area contributed by atoms with Gasteiger partial charge in [-0.3, -0.25) is 0 Å². The Balaban J connectivity index is 2.11. The van der Waals surface area contributed by atoms with Crippen LogP contribution in [0.2, 0.25) is 0 Å². The van der Waals surface area contributed by atoms with E-state index in [0.29, 0.717) is 11.3 Å². The Morgan fingerprint density at radius 1 is 1.13 bits per heavy atom. The molecule has 0 spiro atoms. The summed E-state index contributed by atoms with van der Waals surface area (Å²) in [6.07, 6.45) is 0.767. The molecule has 1 atom stereocenters. The minimum atomic E-state index is -2.32. The summed E-state index contributed by atoms with van der Waals surface area (Å²) >= 11 is 0. The van der Waals surface area contributed by atoms with Gasteiger partial charge in [0.25, 0.3) is 0 Å². The first-order chi connectivity index (χ1) is 10.9. The number of benzene rings is 2. The highest BCUT2D eigenvalue weighted by Crippen LogP contribution is 2.38. The minimum absolute atomic E-state index is 0.476. The van der Waals surface area contributed by atoms with Crippen molar-refractivity contribution in [1.29, 1.82) is 0 Å². The second-order valence-corrected chi connectivity index (χ2v) is 6.28. The Hall–Kier alpha value is -1.90. The van der Waals surface area contributed by atoms with E-state index in [1.807, 2.05) is 58.0 Å². The number of hydrogen-bond donors (Lipinski definition) is 1. The van der Waals surface area contributed by atoms with E-state index >= 15 is 0 Å². The van der Waals surface area contributed by atoms with Crippen LogP contribution in [0.4, 0.5) is 0 Å². The Morgan fingerprint density at radius 3 is 2.35 bits per heavy atom. The molecule has 0 aliphatic carbocycles. The average molecular weight is 332 g/mol. The predicted molar refractivity (Wildman–Crippen MR) is 91.7 cm³/mol. The van der Waals surface area contributed by atoms with Crippen molar-refractivity contribution in [1.82, 2.24) is 0 Å². The van der Waals surface area contributed by atoms with Gasteiger partial charge in [-0.1, -0.05) is 42.8 Å². The number of para-hydroxylation sites is 1. The smallest absolute Gasteiger partial charge is 0.418 e. The minimum Gasteiger partial charge on any atom is -0.418 e. The molecule has 0 aliphatic rings. The third kappa shape index (κ3) is 4.31. The number of aryl methyl sites for hydroxylation is 4. The van der Waals surface area contributed by atoms with Crippen LogP contribution in [0, 0.1) is 20.8 Å². The van der Waals surface area contributed by atoms with E-state index in [0.717, 1.165) is 28.7 Å². The van der Waals surface area contributed by atoms with Crippen LogP contribution in [0.5, 0.6) is 5.75 Å². The zero-order valence-corrected chi connectivity index (χ0v) is 14.7. The summed E-state index contributed by atoms with van der Waals surface area (Å²) in [5, 5.41) is 0. The van der Waals surface area contributed by atoms with Crippen molar-refractivity contribution in [3.8, 4) is 5.75 Å². The topological polar surface area (TPSA) is 55.8 Å². The maximum absolute atomic E-state index is 12.3. The molecule has 2 aromatic carbocycles. The fourth-order valence-electron chi connectivity index (χ4n) is 2.61. The van der Waals surface area contributed by atoms with E-state index in [9.17, 15) is 9.69 Å². The molecule has 0 radical (unpaired) electrons. The van der Waals surface area contributed by atoms with Crippen molar-refractivity contribution in [3.63, 3.8) is 0 Å². The molecule has 122 valence electrons. The van der Waals surface area contributed by atoms with Crippen LogP contribution in [0.15, 0.2) is 36.4 Å². The first-order valence-electron chi connectivity index (χ1n) is 7.47. The number of hydrogen-bond acceptors (Lipinski definition) is 4. The molecule has 2 rings (SSSR count). The molecule has 2 aromatic rings. The van der Waals surface area contributed by atoms with Gasteiger partial charge < -0.3 is 13.9 Å². The van der Waals surface area contributed by atoms with Crippen LogP contribution < -0.4 is 4.52 Å². The van der Waals surface area contributed by atoms with Gasteiger partial charge >= 0.3 is 14.6 Å². The monoisotopic (exact) mass is 332 g/mol. The molecule has 0 amide bonds. The van der Waals surface area contributed by atoms with Crippen LogP contribution in [0.3, 0.4) is 0 Å². The second kappa shape index (κ2) is 7.58. The largest absolute Gasteiger partial charge is 0.462 e.